The summed E-state index contributed by atoms with van der Waals surface area (Å²) in [7, 11) is 0. The fourth-order valence-electron chi connectivity index (χ4n) is 6.23. The molecule has 1 aliphatic carbocycles. The third kappa shape index (κ3) is 4.63. The van der Waals surface area contributed by atoms with E-state index in [0.717, 1.165) is 61.2 Å². The maximum absolute atomic E-state index is 14.8. The molecule has 1 atom stereocenters. The minimum Gasteiger partial charge on any atom is -0.444 e. The zero-order chi connectivity index (χ0) is 29.1. The van der Waals surface area contributed by atoms with E-state index >= 15 is 0 Å². The molecule has 212 valence electrons. The van der Waals surface area contributed by atoms with Gasteiger partial charge in [-0.3, -0.25) is 4.90 Å². The Morgan fingerprint density at radius 1 is 1.12 bits per heavy atom. The first-order valence-electron chi connectivity index (χ1n) is 14.2. The van der Waals surface area contributed by atoms with Gasteiger partial charge in [-0.05, 0) is 69.0 Å². The summed E-state index contributed by atoms with van der Waals surface area (Å²) in [5.74, 6) is 0.668. The standard InChI is InChI=1S/C32H28ClFN6O2/c1-31(24-6-5-21(33)13-25(24)34)41-28-4-2-3-23(30(28)42-31)20-7-11-39(12-8-20)17-29-38-26-14-22(15-35)37-16-27(26)40(29)19-32(18-36)9-10-32/h2-6,13-14,16,20H,7-12,17,19H2,1H3/t31-/m0/s1. The van der Waals surface area contributed by atoms with Crippen LogP contribution in [0.15, 0.2) is 48.7 Å². The molecule has 3 aliphatic rings. The molecule has 0 radical (unpaired) electrons. The Kier molecular flexibility index (Phi) is 6.34. The summed E-state index contributed by atoms with van der Waals surface area (Å²) < 4.78 is 29.5. The van der Waals surface area contributed by atoms with Gasteiger partial charge in [-0.1, -0.05) is 23.7 Å². The first-order chi connectivity index (χ1) is 20.3. The zero-order valence-electron chi connectivity index (χ0n) is 23.1. The first kappa shape index (κ1) is 26.7. The molecular weight excluding hydrogens is 555 g/mol. The molecule has 10 heteroatoms. The topological polar surface area (TPSA) is 100.0 Å². The number of fused-ring (bicyclic) bond motifs is 2. The Bertz CT molecular complexity index is 1800. The smallest absolute Gasteiger partial charge is 0.278 e. The van der Waals surface area contributed by atoms with E-state index in [1.165, 1.54) is 6.07 Å². The van der Waals surface area contributed by atoms with Gasteiger partial charge in [-0.25, -0.2) is 14.4 Å². The molecule has 8 nitrogen and oxygen atoms in total. The number of para-hydroxylation sites is 1. The lowest BCUT2D eigenvalue weighted by Gasteiger charge is -2.32. The van der Waals surface area contributed by atoms with E-state index in [2.05, 4.69) is 32.7 Å². The van der Waals surface area contributed by atoms with E-state index in [1.54, 1.807) is 31.3 Å². The Labute approximate surface area is 247 Å². The molecule has 1 saturated heterocycles. The van der Waals surface area contributed by atoms with Crippen LogP contribution in [0.2, 0.25) is 5.02 Å². The molecule has 0 spiro atoms. The van der Waals surface area contributed by atoms with Crippen molar-refractivity contribution < 1.29 is 13.9 Å². The molecule has 0 N–H and O–H groups in total. The highest BCUT2D eigenvalue weighted by molar-refractivity contribution is 6.30. The normalized spacial score (nSPS) is 21.3. The monoisotopic (exact) mass is 582 g/mol. The largest absolute Gasteiger partial charge is 0.444 e. The van der Waals surface area contributed by atoms with Crippen molar-refractivity contribution in [1.29, 1.82) is 10.5 Å². The van der Waals surface area contributed by atoms with Crippen molar-refractivity contribution in [2.45, 2.75) is 57.4 Å². The number of benzene rings is 2. The fourth-order valence-corrected chi connectivity index (χ4v) is 6.39. The summed E-state index contributed by atoms with van der Waals surface area (Å²) >= 11 is 5.97. The minimum absolute atomic E-state index is 0.256. The van der Waals surface area contributed by atoms with E-state index in [9.17, 15) is 14.9 Å². The highest BCUT2D eigenvalue weighted by Gasteiger charge is 2.45. The van der Waals surface area contributed by atoms with Gasteiger partial charge in [0.2, 0.25) is 0 Å². The Balaban J connectivity index is 1.09. The Hall–Kier alpha value is -4.18. The van der Waals surface area contributed by atoms with Gasteiger partial charge >= 0.3 is 0 Å². The van der Waals surface area contributed by atoms with Crippen LogP contribution < -0.4 is 9.47 Å². The number of nitriles is 2. The molecule has 2 aromatic carbocycles. The number of nitrogens with zero attached hydrogens (tertiary/aromatic N) is 6. The van der Waals surface area contributed by atoms with E-state index in [1.807, 2.05) is 12.1 Å². The summed E-state index contributed by atoms with van der Waals surface area (Å²) in [5.41, 5.74) is 2.94. The number of aromatic nitrogens is 3. The predicted octanol–water partition coefficient (Wildman–Crippen LogP) is 6.42. The summed E-state index contributed by atoms with van der Waals surface area (Å²) in [5, 5.41) is 19.4. The molecule has 4 heterocycles. The highest BCUT2D eigenvalue weighted by atomic mass is 35.5. The van der Waals surface area contributed by atoms with Crippen molar-refractivity contribution in [2.75, 3.05) is 13.1 Å². The summed E-state index contributed by atoms with van der Waals surface area (Å²) in [4.78, 5) is 11.5. The summed E-state index contributed by atoms with van der Waals surface area (Å²) in [6.07, 6.45) is 5.29. The van der Waals surface area contributed by atoms with Gasteiger partial charge in [-0.15, -0.1) is 0 Å². The average Bonchev–Trinajstić information content (AvgIpc) is 3.57. The lowest BCUT2D eigenvalue weighted by molar-refractivity contribution is -0.0712. The van der Waals surface area contributed by atoms with Crippen molar-refractivity contribution in [3.8, 4) is 23.6 Å². The second-order valence-electron chi connectivity index (χ2n) is 11.7. The summed E-state index contributed by atoms with van der Waals surface area (Å²) in [6, 6.07) is 16.7. The molecule has 0 bridgehead atoms. The van der Waals surface area contributed by atoms with Crippen LogP contribution in [0.1, 0.15) is 61.2 Å². The lowest BCUT2D eigenvalue weighted by atomic mass is 9.88. The number of ether oxygens (including phenoxy) is 2. The maximum Gasteiger partial charge on any atom is 0.278 e. The average molecular weight is 583 g/mol. The van der Waals surface area contributed by atoms with Crippen molar-refractivity contribution in [2.24, 2.45) is 5.41 Å². The number of likely N-dealkylation sites (tertiary alicyclic amines) is 1. The zero-order valence-corrected chi connectivity index (χ0v) is 23.9. The van der Waals surface area contributed by atoms with E-state index in [-0.39, 0.29) is 11.3 Å². The molecule has 0 unspecified atom stereocenters. The van der Waals surface area contributed by atoms with Crippen LogP contribution in [-0.4, -0.2) is 32.5 Å². The molecule has 2 aliphatic heterocycles. The highest BCUT2D eigenvalue weighted by Crippen LogP contribution is 2.50. The number of rotatable bonds is 6. The Morgan fingerprint density at radius 2 is 1.93 bits per heavy atom. The molecule has 7 rings (SSSR count). The SMILES string of the molecule is C[C@]1(c2ccc(Cl)cc2F)Oc2cccc(C3CCN(Cc4nc5cc(C#N)ncc5n4CC4(C#N)CC4)CC3)c2O1. The van der Waals surface area contributed by atoms with Crippen molar-refractivity contribution >= 4 is 22.6 Å². The number of hydrogen-bond donors (Lipinski definition) is 0. The number of piperidine rings is 1. The van der Waals surface area contributed by atoms with Gasteiger partial charge in [0.1, 0.15) is 23.4 Å². The second kappa shape index (κ2) is 9.97. The molecule has 42 heavy (non-hydrogen) atoms. The maximum atomic E-state index is 14.8. The van der Waals surface area contributed by atoms with E-state index in [4.69, 9.17) is 26.1 Å². The van der Waals surface area contributed by atoms with Crippen LogP contribution in [-0.2, 0) is 18.9 Å². The number of imidazole rings is 1. The van der Waals surface area contributed by atoms with Crippen LogP contribution in [0.5, 0.6) is 11.5 Å². The van der Waals surface area contributed by atoms with Crippen LogP contribution in [0, 0.1) is 33.9 Å². The van der Waals surface area contributed by atoms with Crippen molar-refractivity contribution in [3.05, 3.63) is 82.1 Å². The van der Waals surface area contributed by atoms with Crippen LogP contribution in [0.3, 0.4) is 0 Å². The third-order valence-electron chi connectivity index (χ3n) is 8.80. The van der Waals surface area contributed by atoms with Gasteiger partial charge in [0.15, 0.2) is 11.5 Å². The van der Waals surface area contributed by atoms with Gasteiger partial charge in [0.25, 0.3) is 5.79 Å². The van der Waals surface area contributed by atoms with Crippen molar-refractivity contribution in [1.82, 2.24) is 19.4 Å². The molecule has 2 aromatic heterocycles. The van der Waals surface area contributed by atoms with Gasteiger partial charge in [0.05, 0.1) is 40.8 Å². The predicted molar refractivity (Wildman–Crippen MR) is 153 cm³/mol. The van der Waals surface area contributed by atoms with Crippen LogP contribution >= 0.6 is 11.6 Å². The molecule has 4 aromatic rings. The summed E-state index contributed by atoms with van der Waals surface area (Å²) in [6.45, 7) is 4.66. The Morgan fingerprint density at radius 3 is 2.64 bits per heavy atom. The molecular formula is C32H28ClFN6O2. The number of pyridine rings is 1. The van der Waals surface area contributed by atoms with Crippen molar-refractivity contribution in [3.63, 3.8) is 0 Å². The van der Waals surface area contributed by atoms with Gasteiger partial charge < -0.3 is 14.0 Å². The quantitative estimate of drug-likeness (QED) is 0.258. The van der Waals surface area contributed by atoms with Crippen LogP contribution in [0.25, 0.3) is 11.0 Å². The molecule has 0 amide bonds. The molecule has 1 saturated carbocycles. The number of hydrogen-bond acceptors (Lipinski definition) is 7. The van der Waals surface area contributed by atoms with E-state index < -0.39 is 11.6 Å². The van der Waals surface area contributed by atoms with Gasteiger partial charge in [-0.2, -0.15) is 10.5 Å². The lowest BCUT2D eigenvalue weighted by Crippen LogP contribution is -2.34. The van der Waals surface area contributed by atoms with Gasteiger partial charge in [0, 0.05) is 30.1 Å². The van der Waals surface area contributed by atoms with E-state index in [0.29, 0.717) is 40.9 Å². The minimum atomic E-state index is -1.28. The third-order valence-corrected chi connectivity index (χ3v) is 9.04. The first-order valence-corrected chi connectivity index (χ1v) is 14.5. The number of halogens is 2. The van der Waals surface area contributed by atoms with Crippen LogP contribution in [0.4, 0.5) is 4.39 Å². The fraction of sp³-hybridized carbons (Fsp3) is 0.375. The molecule has 2 fully saturated rings. The second-order valence-corrected chi connectivity index (χ2v) is 12.1.